The summed E-state index contributed by atoms with van der Waals surface area (Å²) in [4.78, 5) is 10.6. The largest absolute Gasteiger partial charge is 0.481 e. The van der Waals surface area contributed by atoms with Gasteiger partial charge in [0.1, 0.15) is 0 Å². The molecule has 6 heteroatoms. The van der Waals surface area contributed by atoms with Crippen LogP contribution >= 0.6 is 11.8 Å². The minimum absolute atomic E-state index is 0.0352. The molecule has 0 aromatic carbocycles. The second-order valence-electron chi connectivity index (χ2n) is 4.36. The first-order chi connectivity index (χ1) is 7.39. The Morgan fingerprint density at radius 1 is 1.44 bits per heavy atom. The number of hydrogen-bond donors (Lipinski definition) is 1. The van der Waals surface area contributed by atoms with E-state index in [2.05, 4.69) is 0 Å². The molecule has 1 saturated carbocycles. The second kappa shape index (κ2) is 5.40. The van der Waals surface area contributed by atoms with E-state index in [1.54, 1.807) is 18.7 Å². The number of carbonyl (C=O) groups is 1. The van der Waals surface area contributed by atoms with Gasteiger partial charge < -0.3 is 5.11 Å². The van der Waals surface area contributed by atoms with Crippen molar-refractivity contribution >= 4 is 27.6 Å². The summed E-state index contributed by atoms with van der Waals surface area (Å²) in [6, 6.07) is 0. The molecule has 0 bridgehead atoms. The van der Waals surface area contributed by atoms with Gasteiger partial charge in [-0.2, -0.15) is 11.8 Å². The van der Waals surface area contributed by atoms with E-state index in [0.717, 1.165) is 18.6 Å². The van der Waals surface area contributed by atoms with Crippen LogP contribution in [0.1, 0.15) is 26.2 Å². The highest BCUT2D eigenvalue weighted by Gasteiger charge is 2.43. The van der Waals surface area contributed by atoms with Gasteiger partial charge in [-0.15, -0.1) is 0 Å². The molecular weight excluding hydrogens is 248 g/mol. The number of sulfone groups is 1. The van der Waals surface area contributed by atoms with Crippen molar-refractivity contribution in [2.45, 2.75) is 26.2 Å². The molecule has 0 aliphatic heterocycles. The molecule has 0 saturated heterocycles. The van der Waals surface area contributed by atoms with Gasteiger partial charge in [0.2, 0.25) is 0 Å². The summed E-state index contributed by atoms with van der Waals surface area (Å²) >= 11 is 1.56. The van der Waals surface area contributed by atoms with Crippen molar-refractivity contribution in [1.82, 2.24) is 0 Å². The predicted octanol–water partition coefficient (Wildman–Crippen LogP) is 1.41. The van der Waals surface area contributed by atoms with E-state index in [-0.39, 0.29) is 23.3 Å². The van der Waals surface area contributed by atoms with Crippen molar-refractivity contribution in [3.63, 3.8) is 0 Å². The van der Waals surface area contributed by atoms with E-state index in [1.807, 2.05) is 0 Å². The Kier molecular flexibility index (Phi) is 4.67. The van der Waals surface area contributed by atoms with Gasteiger partial charge in [0, 0.05) is 11.5 Å². The van der Waals surface area contributed by atoms with E-state index >= 15 is 0 Å². The smallest absolute Gasteiger partial charge is 0.303 e. The molecule has 0 spiro atoms. The Hall–Kier alpha value is -0.230. The van der Waals surface area contributed by atoms with Crippen LogP contribution in [0.2, 0.25) is 0 Å². The third-order valence-electron chi connectivity index (χ3n) is 2.87. The molecule has 0 aromatic heterocycles. The monoisotopic (exact) mass is 266 g/mol. The van der Waals surface area contributed by atoms with Crippen LogP contribution in [0.15, 0.2) is 0 Å². The zero-order valence-electron chi connectivity index (χ0n) is 9.44. The van der Waals surface area contributed by atoms with Crippen molar-refractivity contribution in [2.75, 3.05) is 23.0 Å². The summed E-state index contributed by atoms with van der Waals surface area (Å²) in [5, 5.41) is 8.71. The molecule has 4 nitrogen and oxygen atoms in total. The molecule has 0 heterocycles. The lowest BCUT2D eigenvalue weighted by Gasteiger charge is -2.11. The van der Waals surface area contributed by atoms with Crippen molar-refractivity contribution < 1.29 is 18.3 Å². The fourth-order valence-electron chi connectivity index (χ4n) is 1.49. The number of carboxylic acid groups (broad SMARTS) is 1. The van der Waals surface area contributed by atoms with Gasteiger partial charge in [0.05, 0.1) is 12.2 Å². The highest BCUT2D eigenvalue weighted by atomic mass is 32.2. The van der Waals surface area contributed by atoms with E-state index in [0.29, 0.717) is 5.75 Å². The SMILES string of the molecule is CCS(=O)(=O)CCSCC1(CC(=O)O)CC1. The highest BCUT2D eigenvalue weighted by molar-refractivity contribution is 8.00. The Morgan fingerprint density at radius 2 is 2.06 bits per heavy atom. The van der Waals surface area contributed by atoms with Gasteiger partial charge in [-0.3, -0.25) is 4.79 Å². The third-order valence-corrected chi connectivity index (χ3v) is 6.14. The molecule has 0 unspecified atom stereocenters. The lowest BCUT2D eigenvalue weighted by Crippen LogP contribution is -2.14. The van der Waals surface area contributed by atoms with Crippen molar-refractivity contribution in [1.29, 1.82) is 0 Å². The summed E-state index contributed by atoms with van der Waals surface area (Å²) in [6.45, 7) is 1.65. The molecule has 1 rings (SSSR count). The Morgan fingerprint density at radius 3 is 2.50 bits per heavy atom. The second-order valence-corrected chi connectivity index (χ2v) is 7.94. The number of rotatable bonds is 8. The summed E-state index contributed by atoms with van der Waals surface area (Å²) in [7, 11) is -2.88. The molecule has 1 N–H and O–H groups in total. The van der Waals surface area contributed by atoms with Gasteiger partial charge in [-0.1, -0.05) is 6.92 Å². The van der Waals surface area contributed by atoms with E-state index in [9.17, 15) is 13.2 Å². The number of hydrogen-bond acceptors (Lipinski definition) is 4. The molecule has 1 fully saturated rings. The molecule has 94 valence electrons. The zero-order chi connectivity index (χ0) is 12.2. The number of carboxylic acids is 1. The molecule has 0 aromatic rings. The van der Waals surface area contributed by atoms with Crippen LogP contribution in [0.25, 0.3) is 0 Å². The molecule has 0 atom stereocenters. The lowest BCUT2D eigenvalue weighted by atomic mass is 10.1. The standard InChI is InChI=1S/C10H18O4S2/c1-2-16(13,14)6-5-15-8-10(3-4-10)7-9(11)12/h2-8H2,1H3,(H,11,12). The lowest BCUT2D eigenvalue weighted by molar-refractivity contribution is -0.138. The Bertz CT molecular complexity index is 344. The van der Waals surface area contributed by atoms with Crippen LogP contribution in [0.5, 0.6) is 0 Å². The first kappa shape index (κ1) is 13.8. The number of aliphatic carboxylic acids is 1. The summed E-state index contributed by atoms with van der Waals surface area (Å²) in [5.74, 6) is 1.00. The average molecular weight is 266 g/mol. The maximum absolute atomic E-state index is 11.2. The minimum atomic E-state index is -2.88. The Labute approximate surface area is 101 Å². The molecular formula is C10H18O4S2. The van der Waals surface area contributed by atoms with Crippen LogP contribution in [-0.2, 0) is 14.6 Å². The van der Waals surface area contributed by atoms with Gasteiger partial charge in [0.25, 0.3) is 0 Å². The first-order valence-corrected chi connectivity index (χ1v) is 8.37. The van der Waals surface area contributed by atoms with Crippen LogP contribution in [-0.4, -0.2) is 42.5 Å². The fourth-order valence-corrected chi connectivity index (χ4v) is 4.23. The molecule has 0 radical (unpaired) electrons. The van der Waals surface area contributed by atoms with Crippen LogP contribution in [0.3, 0.4) is 0 Å². The van der Waals surface area contributed by atoms with E-state index in [1.165, 1.54) is 0 Å². The van der Waals surface area contributed by atoms with Gasteiger partial charge in [0.15, 0.2) is 9.84 Å². The van der Waals surface area contributed by atoms with Crippen molar-refractivity contribution in [2.24, 2.45) is 5.41 Å². The Balaban J connectivity index is 2.19. The third kappa shape index (κ3) is 4.74. The topological polar surface area (TPSA) is 71.4 Å². The van der Waals surface area contributed by atoms with E-state index in [4.69, 9.17) is 5.11 Å². The first-order valence-electron chi connectivity index (χ1n) is 5.39. The van der Waals surface area contributed by atoms with E-state index < -0.39 is 15.8 Å². The molecule has 16 heavy (non-hydrogen) atoms. The zero-order valence-corrected chi connectivity index (χ0v) is 11.1. The van der Waals surface area contributed by atoms with Crippen molar-refractivity contribution in [3.8, 4) is 0 Å². The molecule has 0 amide bonds. The maximum atomic E-state index is 11.2. The fraction of sp³-hybridized carbons (Fsp3) is 0.900. The van der Waals surface area contributed by atoms with Crippen LogP contribution in [0, 0.1) is 5.41 Å². The van der Waals surface area contributed by atoms with Gasteiger partial charge in [-0.05, 0) is 24.0 Å². The minimum Gasteiger partial charge on any atom is -0.481 e. The quantitative estimate of drug-likeness (QED) is 0.673. The van der Waals surface area contributed by atoms with Crippen LogP contribution < -0.4 is 0 Å². The summed E-state index contributed by atoms with van der Waals surface area (Å²) in [6.07, 6.45) is 2.15. The summed E-state index contributed by atoms with van der Waals surface area (Å²) in [5.41, 5.74) is -0.0352. The van der Waals surface area contributed by atoms with Gasteiger partial charge in [-0.25, -0.2) is 8.42 Å². The normalized spacial score (nSPS) is 18.3. The predicted molar refractivity (Wildman–Crippen MR) is 65.6 cm³/mol. The number of thioether (sulfide) groups is 1. The summed E-state index contributed by atoms with van der Waals surface area (Å²) < 4.78 is 22.4. The van der Waals surface area contributed by atoms with Crippen molar-refractivity contribution in [3.05, 3.63) is 0 Å². The molecule has 1 aliphatic rings. The highest BCUT2D eigenvalue weighted by Crippen LogP contribution is 2.50. The van der Waals surface area contributed by atoms with Gasteiger partial charge >= 0.3 is 5.97 Å². The average Bonchev–Trinajstić information content (AvgIpc) is 2.92. The van der Waals surface area contributed by atoms with Crippen LogP contribution in [0.4, 0.5) is 0 Å². The molecule has 1 aliphatic carbocycles. The maximum Gasteiger partial charge on any atom is 0.303 e.